The molecule has 2 aromatic rings. The Morgan fingerprint density at radius 2 is 1.05 bits per heavy atom. The van der Waals surface area contributed by atoms with E-state index in [0.29, 0.717) is 12.8 Å². The van der Waals surface area contributed by atoms with Gasteiger partial charge in [-0.1, -0.05) is 19.1 Å². The number of nitrogens with zero attached hydrogens (tertiary/aromatic N) is 2. The third kappa shape index (κ3) is 10.8. The molecule has 0 radical (unpaired) electrons. The molecule has 8 aliphatic heterocycles. The molecule has 83 heavy (non-hydrogen) atoms. The van der Waals surface area contributed by atoms with E-state index in [2.05, 4.69) is 0 Å². The maximum atomic E-state index is 14.5. The minimum atomic E-state index is -1.77. The molecular weight excluding hydrogens is 1080 g/mol. The van der Waals surface area contributed by atoms with Crippen LogP contribution >= 0.6 is 0 Å². The van der Waals surface area contributed by atoms with Crippen LogP contribution in [0.15, 0.2) is 24.3 Å². The molecule has 25 atom stereocenters. The number of Topliss-reactive ketones (excluding diaryl/α,β-unsaturated/α-hetero) is 2. The van der Waals surface area contributed by atoms with Gasteiger partial charge in [-0.25, -0.2) is 0 Å². The molecule has 8 saturated heterocycles. The molecule has 8 fully saturated rings. The van der Waals surface area contributed by atoms with Gasteiger partial charge in [0.1, 0.15) is 66.4 Å². The van der Waals surface area contributed by atoms with E-state index in [9.17, 15) is 34.5 Å². The van der Waals surface area contributed by atoms with Gasteiger partial charge >= 0.3 is 0 Å². The predicted octanol–water partition coefficient (Wildman–Crippen LogP) is 4.42. The van der Waals surface area contributed by atoms with Crippen molar-refractivity contribution in [1.82, 2.24) is 9.80 Å². The molecule has 0 amide bonds. The zero-order valence-corrected chi connectivity index (χ0v) is 48.9. The van der Waals surface area contributed by atoms with Crippen molar-refractivity contribution < 1.29 is 101 Å². The number of aromatic hydroxyl groups is 2. The van der Waals surface area contributed by atoms with Crippen LogP contribution in [0.1, 0.15) is 155 Å². The van der Waals surface area contributed by atoms with Gasteiger partial charge in [0.25, 0.3) is 0 Å². The number of ether oxygens (including phenoxy) is 14. The van der Waals surface area contributed by atoms with Crippen molar-refractivity contribution in [1.29, 1.82) is 0 Å². The number of hydrogen-bond donors (Lipinski definition) is 3. The first-order chi connectivity index (χ1) is 39.5. The van der Waals surface area contributed by atoms with E-state index in [1.165, 1.54) is 24.3 Å². The standard InChI is InChI=1S/C60H80N2O21/c1-12-60(69)23-42(78-43-17-33(61(8)9)53(26(4)70-43)79-45-21-38-55(28(6)72-45)82-58-40(76-38)19-36(64)24(2)74-58)31-16-32-48(50(66)30-14-13-15-35(63)47(30)51(32)67)52(68)49(31)57(60)81-44-18-34(62(10)11)54(27(5)71-44)80-46-22-39-56(29(7)73-46)83-59-41(77-39)20-37(65)25(3)75-59/h13-16,24-29,33-34,38-46,53-59,63,68-69H,12,17-23H2,1-11H3/t24-,25-,26-,27-,28-,29-,33-,34-,38-,39-,40-,41-,42-,43-,44-,45-,46-,53+,54+,55+,56+,57+,58-,59-,60+/m0/s1. The Labute approximate surface area is 482 Å². The van der Waals surface area contributed by atoms with E-state index >= 15 is 0 Å². The van der Waals surface area contributed by atoms with Crippen LogP contribution in [0, 0.1) is 0 Å². The molecule has 2 aromatic carbocycles. The lowest BCUT2D eigenvalue weighted by molar-refractivity contribution is -0.372. The molecule has 12 rings (SSSR count). The average molecular weight is 1170 g/mol. The van der Waals surface area contributed by atoms with Gasteiger partial charge in [-0.15, -0.1) is 0 Å². The van der Waals surface area contributed by atoms with Crippen molar-refractivity contribution in [3.05, 3.63) is 57.6 Å². The number of carbonyl (C=O) groups is 4. The number of carbonyl (C=O) groups excluding carboxylic acids is 4. The number of aliphatic hydroxyl groups is 1. The third-order valence-electron chi connectivity index (χ3n) is 19.0. The van der Waals surface area contributed by atoms with Crippen LogP contribution in [0.4, 0.5) is 0 Å². The number of rotatable bonds is 11. The lowest BCUT2D eigenvalue weighted by atomic mass is 9.71. The van der Waals surface area contributed by atoms with Gasteiger partial charge in [0, 0.05) is 73.7 Å². The molecule has 8 heterocycles. The highest BCUT2D eigenvalue weighted by atomic mass is 16.8. The molecule has 10 aliphatic rings. The normalized spacial score (nSPS) is 44.3. The number of hydrogen-bond acceptors (Lipinski definition) is 23. The fourth-order valence-corrected chi connectivity index (χ4v) is 14.4. The highest BCUT2D eigenvalue weighted by Crippen LogP contribution is 2.55. The van der Waals surface area contributed by atoms with Gasteiger partial charge in [0.15, 0.2) is 60.9 Å². The minimum Gasteiger partial charge on any atom is -0.507 e. The van der Waals surface area contributed by atoms with Crippen molar-refractivity contribution in [3.8, 4) is 11.5 Å². The van der Waals surface area contributed by atoms with Crippen LogP contribution in [0.3, 0.4) is 0 Å². The van der Waals surface area contributed by atoms with E-state index in [-0.39, 0.29) is 101 Å². The van der Waals surface area contributed by atoms with Gasteiger partial charge in [-0.05, 0) is 93.9 Å². The Morgan fingerprint density at radius 3 is 1.55 bits per heavy atom. The molecular formula is C60H80N2O21. The number of phenols is 2. The Kier molecular flexibility index (Phi) is 16.4. The molecule has 0 saturated carbocycles. The molecule has 23 nitrogen and oxygen atoms in total. The zero-order chi connectivity index (χ0) is 58.8. The summed E-state index contributed by atoms with van der Waals surface area (Å²) in [6, 6.07) is 5.07. The summed E-state index contributed by atoms with van der Waals surface area (Å²) in [5.41, 5.74) is -2.14. The van der Waals surface area contributed by atoms with Gasteiger partial charge in [-0.3, -0.25) is 19.2 Å². The minimum absolute atomic E-state index is 0.0461. The molecule has 0 spiro atoms. The van der Waals surface area contributed by atoms with Crippen LogP contribution < -0.4 is 0 Å². The second-order valence-corrected chi connectivity index (χ2v) is 24.9. The predicted molar refractivity (Wildman–Crippen MR) is 286 cm³/mol. The average Bonchev–Trinajstić information content (AvgIpc) is 1.44. The van der Waals surface area contributed by atoms with E-state index in [1.54, 1.807) is 20.8 Å². The Balaban J connectivity index is 0.793. The summed E-state index contributed by atoms with van der Waals surface area (Å²) >= 11 is 0. The fourth-order valence-electron chi connectivity index (χ4n) is 14.4. The first-order valence-electron chi connectivity index (χ1n) is 29.6. The number of phenolic OH excluding ortho intramolecular Hbond substituents is 2. The molecule has 0 aromatic heterocycles. The monoisotopic (exact) mass is 1160 g/mol. The lowest BCUT2D eigenvalue weighted by Crippen LogP contribution is -2.62. The maximum Gasteiger partial charge on any atom is 0.198 e. The van der Waals surface area contributed by atoms with Gasteiger partial charge in [0.05, 0.1) is 59.5 Å². The van der Waals surface area contributed by atoms with Crippen molar-refractivity contribution >= 4 is 23.1 Å². The molecule has 456 valence electrons. The summed E-state index contributed by atoms with van der Waals surface area (Å²) in [5, 5.41) is 36.8. The van der Waals surface area contributed by atoms with Gasteiger partial charge in [-0.2, -0.15) is 0 Å². The van der Waals surface area contributed by atoms with Crippen LogP contribution in [-0.4, -0.2) is 217 Å². The maximum absolute atomic E-state index is 14.5. The second-order valence-electron chi connectivity index (χ2n) is 24.9. The fraction of sp³-hybridized carbons (Fsp3) is 0.733. The molecule has 23 heteroatoms. The summed E-state index contributed by atoms with van der Waals surface area (Å²) in [6.07, 6.45) is -12.7. The van der Waals surface area contributed by atoms with Gasteiger partial charge < -0.3 is 91.4 Å². The molecule has 0 bridgehead atoms. The largest absolute Gasteiger partial charge is 0.507 e. The van der Waals surface area contributed by atoms with Gasteiger partial charge in [0.2, 0.25) is 0 Å². The number of fused-ring (bicyclic) bond motifs is 7. The molecule has 2 aliphatic carbocycles. The smallest absolute Gasteiger partial charge is 0.198 e. The molecule has 0 unspecified atom stereocenters. The van der Waals surface area contributed by atoms with Crippen LogP contribution in [0.25, 0.3) is 0 Å². The van der Waals surface area contributed by atoms with Crippen molar-refractivity contribution in [2.45, 2.75) is 253 Å². The quantitative estimate of drug-likeness (QED) is 0.240. The highest BCUT2D eigenvalue weighted by Gasteiger charge is 2.56. The van der Waals surface area contributed by atoms with Crippen LogP contribution in [-0.2, 0) is 75.9 Å². The van der Waals surface area contributed by atoms with E-state index in [4.69, 9.17) is 66.3 Å². The highest BCUT2D eigenvalue weighted by molar-refractivity contribution is 6.30. The number of likely N-dealkylation sites (N-methyl/N-ethyl adjacent to an activating group) is 2. The van der Waals surface area contributed by atoms with Crippen molar-refractivity contribution in [3.63, 3.8) is 0 Å². The topological polar surface area (TPSA) is 265 Å². The Hall–Kier alpha value is -3.96. The SMILES string of the molecule is CC[C@@]1(O)C[C@H](O[C@H]2C[C@H](N(C)C)[C@H](O[C@H]3C[C@@H]4O[C@H]5CC(=O)[C@H](C)O[C@H]5O[C@@H]4[C@H](C)O3)[C@H](C)O2)c2cc3c(c(O)c2[C@H]1O[C@H]1C[C@H](N(C)C)[C@H](O[C@H]2C[C@@H]4O[C@H]5CC(=O)[C@H](C)O[C@H]5O[C@@H]4[C@H](C)O2)[C@H](C)O1)C(=O)c1cccc(O)c1C3=O. The Bertz CT molecular complexity index is 2820. The summed E-state index contributed by atoms with van der Waals surface area (Å²) in [5.74, 6) is -2.40. The second kappa shape index (κ2) is 23.0. The van der Waals surface area contributed by atoms with Crippen LogP contribution in [0.2, 0.25) is 0 Å². The van der Waals surface area contributed by atoms with Crippen LogP contribution in [0.5, 0.6) is 11.5 Å². The molecule has 3 N–H and O–H groups in total. The summed E-state index contributed by atoms with van der Waals surface area (Å²) in [7, 11) is 7.70. The number of ketones is 4. The van der Waals surface area contributed by atoms with E-state index in [0.717, 1.165) is 0 Å². The number of benzene rings is 2. The summed E-state index contributed by atoms with van der Waals surface area (Å²) in [4.78, 5) is 58.2. The van der Waals surface area contributed by atoms with Crippen molar-refractivity contribution in [2.24, 2.45) is 0 Å². The van der Waals surface area contributed by atoms with E-state index < -0.39 is 158 Å². The summed E-state index contributed by atoms with van der Waals surface area (Å²) in [6.45, 7) is 12.7. The first-order valence-corrected chi connectivity index (χ1v) is 29.6. The zero-order valence-electron chi connectivity index (χ0n) is 48.9. The van der Waals surface area contributed by atoms with Crippen molar-refractivity contribution in [2.75, 3.05) is 28.2 Å². The lowest BCUT2D eigenvalue weighted by Gasteiger charge is -2.51. The Morgan fingerprint density at radius 1 is 0.566 bits per heavy atom. The summed E-state index contributed by atoms with van der Waals surface area (Å²) < 4.78 is 91.0. The first kappa shape index (κ1) is 59.4. The van der Waals surface area contributed by atoms with E-state index in [1.807, 2.05) is 65.7 Å². The third-order valence-corrected chi connectivity index (χ3v) is 19.0.